The standard InChI is InChI=1S/C16H22N6O/c1-12-4-2-5-13(7-6-12)20-16(23)21-14-10-19-22(11-14)15-17-8-3-9-18-15/h3,8-13H,2,4-7H2,1H3,(H2,20,21,23)/t12-,13-/m1/s1. The van der Waals surface area contributed by atoms with E-state index in [0.717, 1.165) is 18.8 Å². The molecule has 7 nitrogen and oxygen atoms in total. The van der Waals surface area contributed by atoms with Crippen LogP contribution in [0.5, 0.6) is 0 Å². The Bertz CT molecular complexity index is 641. The summed E-state index contributed by atoms with van der Waals surface area (Å²) in [6.07, 6.45) is 12.3. The first-order valence-electron chi connectivity index (χ1n) is 8.10. The van der Waals surface area contributed by atoms with Crippen molar-refractivity contribution in [3.8, 4) is 5.95 Å². The molecule has 2 aromatic heterocycles. The number of nitrogens with one attached hydrogen (secondary N) is 2. The molecule has 7 heteroatoms. The summed E-state index contributed by atoms with van der Waals surface area (Å²) in [6.45, 7) is 2.28. The van der Waals surface area contributed by atoms with Gasteiger partial charge in [-0.25, -0.2) is 19.4 Å². The lowest BCUT2D eigenvalue weighted by atomic mass is 10.0. The highest BCUT2D eigenvalue weighted by Gasteiger charge is 2.18. The van der Waals surface area contributed by atoms with Gasteiger partial charge >= 0.3 is 6.03 Å². The summed E-state index contributed by atoms with van der Waals surface area (Å²) in [4.78, 5) is 20.4. The maximum atomic E-state index is 12.1. The van der Waals surface area contributed by atoms with Crippen molar-refractivity contribution in [1.82, 2.24) is 25.1 Å². The summed E-state index contributed by atoms with van der Waals surface area (Å²) in [5, 5.41) is 10.0. The van der Waals surface area contributed by atoms with Crippen LogP contribution in [0.3, 0.4) is 0 Å². The predicted molar refractivity (Wildman–Crippen MR) is 87.3 cm³/mol. The molecule has 1 saturated carbocycles. The van der Waals surface area contributed by atoms with Gasteiger partial charge in [0.2, 0.25) is 5.95 Å². The second-order valence-corrected chi connectivity index (χ2v) is 6.13. The SMILES string of the molecule is C[C@@H]1CCC[C@@H](NC(=O)Nc2cnn(-c3ncccn3)c2)CC1. The predicted octanol–water partition coefficient (Wildman–Crippen LogP) is 2.75. The smallest absolute Gasteiger partial charge is 0.319 e. The van der Waals surface area contributed by atoms with Crippen molar-refractivity contribution in [3.05, 3.63) is 30.9 Å². The molecular formula is C16H22N6O. The van der Waals surface area contributed by atoms with E-state index in [1.165, 1.54) is 23.9 Å². The Balaban J connectivity index is 1.55. The summed E-state index contributed by atoms with van der Waals surface area (Å²) in [6, 6.07) is 1.82. The van der Waals surface area contributed by atoms with Gasteiger partial charge in [-0.1, -0.05) is 19.8 Å². The van der Waals surface area contributed by atoms with Crippen LogP contribution < -0.4 is 10.6 Å². The van der Waals surface area contributed by atoms with Gasteiger partial charge in [-0.3, -0.25) is 0 Å². The summed E-state index contributed by atoms with van der Waals surface area (Å²) >= 11 is 0. The van der Waals surface area contributed by atoms with Crippen LogP contribution in [-0.4, -0.2) is 31.8 Å². The highest BCUT2D eigenvalue weighted by Crippen LogP contribution is 2.22. The molecule has 1 aliphatic rings. The Kier molecular flexibility index (Phi) is 4.85. The number of carbonyl (C=O) groups is 1. The molecule has 1 aliphatic carbocycles. The van der Waals surface area contributed by atoms with E-state index >= 15 is 0 Å². The van der Waals surface area contributed by atoms with Crippen LogP contribution in [0, 0.1) is 5.92 Å². The van der Waals surface area contributed by atoms with E-state index in [1.54, 1.807) is 30.9 Å². The van der Waals surface area contributed by atoms with E-state index in [0.29, 0.717) is 11.6 Å². The molecule has 23 heavy (non-hydrogen) atoms. The van der Waals surface area contributed by atoms with Crippen LogP contribution in [0.1, 0.15) is 39.0 Å². The lowest BCUT2D eigenvalue weighted by molar-refractivity contribution is 0.247. The minimum absolute atomic E-state index is 0.182. The van der Waals surface area contributed by atoms with Crippen molar-refractivity contribution >= 4 is 11.7 Å². The van der Waals surface area contributed by atoms with Crippen LogP contribution in [0.4, 0.5) is 10.5 Å². The molecular weight excluding hydrogens is 292 g/mol. The average molecular weight is 314 g/mol. The molecule has 2 aromatic rings. The third-order valence-electron chi connectivity index (χ3n) is 4.19. The molecule has 1 fully saturated rings. The summed E-state index contributed by atoms with van der Waals surface area (Å²) in [7, 11) is 0. The minimum Gasteiger partial charge on any atom is -0.335 e. The zero-order valence-electron chi connectivity index (χ0n) is 13.3. The van der Waals surface area contributed by atoms with E-state index in [4.69, 9.17) is 0 Å². The van der Waals surface area contributed by atoms with Crippen molar-refractivity contribution < 1.29 is 4.79 Å². The number of amides is 2. The molecule has 0 spiro atoms. The summed E-state index contributed by atoms with van der Waals surface area (Å²) < 4.78 is 1.53. The normalized spacial score (nSPS) is 21.4. The van der Waals surface area contributed by atoms with Crippen LogP contribution in [-0.2, 0) is 0 Å². The van der Waals surface area contributed by atoms with Gasteiger partial charge in [0.25, 0.3) is 0 Å². The van der Waals surface area contributed by atoms with Gasteiger partial charge in [-0.05, 0) is 31.2 Å². The highest BCUT2D eigenvalue weighted by molar-refractivity contribution is 5.89. The fourth-order valence-corrected chi connectivity index (χ4v) is 2.89. The van der Waals surface area contributed by atoms with E-state index in [2.05, 4.69) is 32.6 Å². The van der Waals surface area contributed by atoms with Crippen molar-refractivity contribution in [2.45, 2.75) is 45.1 Å². The Hall–Kier alpha value is -2.44. The Labute approximate surface area is 135 Å². The molecule has 0 bridgehead atoms. The topological polar surface area (TPSA) is 84.7 Å². The molecule has 0 unspecified atom stereocenters. The average Bonchev–Trinajstić information content (AvgIpc) is 2.92. The number of rotatable bonds is 3. The van der Waals surface area contributed by atoms with Gasteiger partial charge in [0.05, 0.1) is 18.1 Å². The van der Waals surface area contributed by atoms with E-state index in [9.17, 15) is 4.79 Å². The van der Waals surface area contributed by atoms with Crippen molar-refractivity contribution in [2.75, 3.05) is 5.32 Å². The number of urea groups is 1. The van der Waals surface area contributed by atoms with Gasteiger partial charge in [-0.15, -0.1) is 0 Å². The third-order valence-corrected chi connectivity index (χ3v) is 4.19. The Morgan fingerprint density at radius 2 is 2.04 bits per heavy atom. The largest absolute Gasteiger partial charge is 0.335 e. The second-order valence-electron chi connectivity index (χ2n) is 6.13. The Morgan fingerprint density at radius 3 is 2.87 bits per heavy atom. The van der Waals surface area contributed by atoms with Crippen LogP contribution in [0.2, 0.25) is 0 Å². The fourth-order valence-electron chi connectivity index (χ4n) is 2.89. The van der Waals surface area contributed by atoms with Crippen molar-refractivity contribution in [1.29, 1.82) is 0 Å². The zero-order valence-corrected chi connectivity index (χ0v) is 13.3. The molecule has 122 valence electrons. The molecule has 2 atom stereocenters. The molecule has 0 aromatic carbocycles. The monoisotopic (exact) mass is 314 g/mol. The first-order chi connectivity index (χ1) is 11.2. The number of aromatic nitrogens is 4. The van der Waals surface area contributed by atoms with Gasteiger partial charge in [-0.2, -0.15) is 5.10 Å². The van der Waals surface area contributed by atoms with E-state index in [-0.39, 0.29) is 12.1 Å². The highest BCUT2D eigenvalue weighted by atomic mass is 16.2. The first-order valence-corrected chi connectivity index (χ1v) is 8.10. The molecule has 3 rings (SSSR count). The fraction of sp³-hybridized carbons (Fsp3) is 0.500. The molecule has 0 saturated heterocycles. The van der Waals surface area contributed by atoms with Crippen LogP contribution in [0.25, 0.3) is 5.95 Å². The third kappa shape index (κ3) is 4.28. The first kappa shape index (κ1) is 15.5. The number of anilines is 1. The minimum atomic E-state index is -0.182. The number of hydrogen-bond donors (Lipinski definition) is 2. The van der Waals surface area contributed by atoms with Gasteiger partial charge in [0.15, 0.2) is 0 Å². The lowest BCUT2D eigenvalue weighted by Gasteiger charge is -2.16. The maximum absolute atomic E-state index is 12.1. The molecule has 0 aliphatic heterocycles. The van der Waals surface area contributed by atoms with Crippen LogP contribution >= 0.6 is 0 Å². The van der Waals surface area contributed by atoms with E-state index < -0.39 is 0 Å². The molecule has 2 N–H and O–H groups in total. The number of hydrogen-bond acceptors (Lipinski definition) is 4. The van der Waals surface area contributed by atoms with Crippen molar-refractivity contribution in [2.24, 2.45) is 5.92 Å². The van der Waals surface area contributed by atoms with Crippen molar-refractivity contribution in [3.63, 3.8) is 0 Å². The maximum Gasteiger partial charge on any atom is 0.319 e. The Morgan fingerprint density at radius 1 is 1.22 bits per heavy atom. The van der Waals surface area contributed by atoms with Gasteiger partial charge in [0.1, 0.15) is 0 Å². The quantitative estimate of drug-likeness (QED) is 0.853. The van der Waals surface area contributed by atoms with Gasteiger partial charge < -0.3 is 10.6 Å². The number of carbonyl (C=O) groups excluding carboxylic acids is 1. The molecule has 0 radical (unpaired) electrons. The summed E-state index contributed by atoms with van der Waals surface area (Å²) in [5.41, 5.74) is 0.622. The second kappa shape index (κ2) is 7.21. The zero-order chi connectivity index (χ0) is 16.1. The van der Waals surface area contributed by atoms with Gasteiger partial charge in [0, 0.05) is 18.4 Å². The van der Waals surface area contributed by atoms with Crippen LogP contribution in [0.15, 0.2) is 30.9 Å². The number of nitrogens with zero attached hydrogens (tertiary/aromatic N) is 4. The molecule has 2 heterocycles. The van der Waals surface area contributed by atoms with E-state index in [1.807, 2.05) is 0 Å². The summed E-state index contributed by atoms with van der Waals surface area (Å²) in [5.74, 6) is 1.23. The lowest BCUT2D eigenvalue weighted by Crippen LogP contribution is -2.37. The molecule has 2 amide bonds.